The molecule has 4 N–H and O–H groups in total. The molecule has 0 aromatic carbocycles. The first-order chi connectivity index (χ1) is 23.6. The van der Waals surface area contributed by atoms with Crippen LogP contribution in [-0.4, -0.2) is 130 Å². The van der Waals surface area contributed by atoms with Crippen LogP contribution in [0.3, 0.4) is 0 Å². The maximum atomic E-state index is 14.1. The minimum absolute atomic E-state index is 0.0189. The molecule has 0 saturated carbocycles. The second-order valence-electron chi connectivity index (χ2n) is 17.2. The number of esters is 1. The Balaban J connectivity index is 2.14. The van der Waals surface area contributed by atoms with Crippen molar-refractivity contribution in [3.05, 3.63) is 0 Å². The molecule has 12 heteroatoms. The number of methoxy groups -OCH3 is 1. The quantitative estimate of drug-likeness (QED) is 0.264. The van der Waals surface area contributed by atoms with Crippen LogP contribution in [0.2, 0.25) is 0 Å². The van der Waals surface area contributed by atoms with Crippen LogP contribution in [0.15, 0.2) is 0 Å². The summed E-state index contributed by atoms with van der Waals surface area (Å²) in [5.41, 5.74) is -2.55. The molecular weight excluding hydrogens is 658 g/mol. The van der Waals surface area contributed by atoms with Gasteiger partial charge < -0.3 is 48.8 Å². The highest BCUT2D eigenvalue weighted by molar-refractivity contribution is 5.73. The molecule has 0 aliphatic carbocycles. The third-order valence-corrected chi connectivity index (χ3v) is 12.4. The summed E-state index contributed by atoms with van der Waals surface area (Å²) in [6.45, 7) is 22.8. The smallest absolute Gasteiger partial charge is 0.311 e. The van der Waals surface area contributed by atoms with Crippen molar-refractivity contribution in [3.8, 4) is 0 Å². The average molecular weight is 732 g/mol. The van der Waals surface area contributed by atoms with Gasteiger partial charge in [-0.05, 0) is 99.0 Å². The molecule has 0 amide bonds. The Morgan fingerprint density at radius 1 is 0.902 bits per heavy atom. The van der Waals surface area contributed by atoms with Crippen molar-refractivity contribution in [2.75, 3.05) is 14.2 Å². The van der Waals surface area contributed by atoms with E-state index in [1.807, 2.05) is 48.6 Å². The Bertz CT molecular complexity index is 1090. The average Bonchev–Trinajstić information content (AvgIpc) is 3.06. The predicted octanol–water partition coefficient (Wildman–Crippen LogP) is 4.27. The number of carbonyl (C=O) groups excluding carboxylic acids is 1. The van der Waals surface area contributed by atoms with Gasteiger partial charge in [0, 0.05) is 31.5 Å². The highest BCUT2D eigenvalue weighted by Gasteiger charge is 2.52. The zero-order valence-electron chi connectivity index (χ0n) is 33.9. The number of aliphatic hydroxyl groups is 4. The largest absolute Gasteiger partial charge is 0.462 e. The summed E-state index contributed by atoms with van der Waals surface area (Å²) in [5.74, 6) is -2.46. The van der Waals surface area contributed by atoms with Gasteiger partial charge in [0.15, 0.2) is 12.6 Å². The number of rotatable bonds is 8. The van der Waals surface area contributed by atoms with Crippen molar-refractivity contribution in [1.82, 2.24) is 4.90 Å². The molecule has 0 aromatic heterocycles. The summed E-state index contributed by atoms with van der Waals surface area (Å²) in [6, 6.07) is -0.104. The highest BCUT2D eigenvalue weighted by Crippen LogP contribution is 2.41. The molecule has 0 aromatic rings. The van der Waals surface area contributed by atoms with E-state index < -0.39 is 78.2 Å². The van der Waals surface area contributed by atoms with E-state index in [1.54, 1.807) is 27.7 Å². The fourth-order valence-corrected chi connectivity index (χ4v) is 8.87. The predicted molar refractivity (Wildman–Crippen MR) is 194 cm³/mol. The van der Waals surface area contributed by atoms with E-state index in [0.29, 0.717) is 19.3 Å². The van der Waals surface area contributed by atoms with Crippen molar-refractivity contribution in [1.29, 1.82) is 0 Å². The molecule has 18 atom stereocenters. The van der Waals surface area contributed by atoms with E-state index in [2.05, 4.69) is 18.7 Å². The third-order valence-electron chi connectivity index (χ3n) is 12.4. The Hall–Kier alpha value is -0.930. The first-order valence-corrected chi connectivity index (χ1v) is 19.4. The van der Waals surface area contributed by atoms with Crippen LogP contribution in [0, 0.1) is 29.6 Å². The van der Waals surface area contributed by atoms with Crippen LogP contribution in [0.1, 0.15) is 115 Å². The highest BCUT2D eigenvalue weighted by atomic mass is 16.7. The molecular formula is C39H73NO11. The monoisotopic (exact) mass is 732 g/mol. The summed E-state index contributed by atoms with van der Waals surface area (Å²) < 4.78 is 37.9. The minimum Gasteiger partial charge on any atom is -0.462 e. The lowest BCUT2D eigenvalue weighted by Gasteiger charge is -2.49. The van der Waals surface area contributed by atoms with Crippen molar-refractivity contribution in [2.24, 2.45) is 29.6 Å². The number of aliphatic hydroxyl groups excluding tert-OH is 3. The van der Waals surface area contributed by atoms with Crippen LogP contribution in [0.25, 0.3) is 0 Å². The van der Waals surface area contributed by atoms with Gasteiger partial charge in [-0.2, -0.15) is 0 Å². The topological polar surface area (TPSA) is 157 Å². The molecule has 0 radical (unpaired) electrons. The zero-order chi connectivity index (χ0) is 38.7. The summed E-state index contributed by atoms with van der Waals surface area (Å²) in [4.78, 5) is 16.2. The van der Waals surface area contributed by atoms with Gasteiger partial charge >= 0.3 is 5.97 Å². The van der Waals surface area contributed by atoms with Gasteiger partial charge in [-0.1, -0.05) is 34.6 Å². The Labute approximate surface area is 307 Å². The molecule has 0 spiro atoms. The molecule has 3 heterocycles. The van der Waals surface area contributed by atoms with Crippen molar-refractivity contribution >= 4 is 5.97 Å². The lowest BCUT2D eigenvalue weighted by molar-refractivity contribution is -0.318. The lowest BCUT2D eigenvalue weighted by atomic mass is 9.74. The van der Waals surface area contributed by atoms with Gasteiger partial charge in [-0.15, -0.1) is 0 Å². The Kier molecular flexibility index (Phi) is 15.8. The number of ether oxygens (including phenoxy) is 6. The molecule has 300 valence electrons. The molecule has 3 fully saturated rings. The molecule has 3 aliphatic rings. The van der Waals surface area contributed by atoms with Crippen LogP contribution in [0.4, 0.5) is 0 Å². The van der Waals surface area contributed by atoms with Gasteiger partial charge in [-0.3, -0.25) is 9.69 Å². The van der Waals surface area contributed by atoms with Gasteiger partial charge in [0.25, 0.3) is 0 Å². The van der Waals surface area contributed by atoms with Gasteiger partial charge in [0.05, 0.1) is 47.6 Å². The second-order valence-corrected chi connectivity index (χ2v) is 17.2. The number of nitrogens with zero attached hydrogens (tertiary/aromatic N) is 1. The van der Waals surface area contributed by atoms with E-state index in [9.17, 15) is 25.2 Å². The number of likely N-dealkylation sites (N-methyl/N-ethyl adjacent to an activating group) is 1. The van der Waals surface area contributed by atoms with E-state index in [1.165, 1.54) is 7.11 Å². The van der Waals surface area contributed by atoms with Crippen molar-refractivity contribution in [2.45, 2.75) is 200 Å². The van der Waals surface area contributed by atoms with Crippen LogP contribution < -0.4 is 0 Å². The molecule has 0 unspecified atom stereocenters. The molecule has 3 rings (SSSR count). The standard InChI is InChI=1S/C39H73NO11/c1-15-29-21(4)16-22(5)31(41)23(6)18-38(11,45)35(51-37-32(42)28(17-24(7)47-37)40(13)20(2)3)25(8)33(26(9)36(44)49-29)50-30-19-39(12,46-14)34(43)27(10)48-30/h20-35,37,41-43,45H,15-19H2,1-14H3/t21-,22-,23-,24-,25+,26-,27+,28+,29-,30+,31-,32-,33+,34+,35-,37+,38-,39-/m1/s1. The summed E-state index contributed by atoms with van der Waals surface area (Å²) in [7, 11) is 3.50. The summed E-state index contributed by atoms with van der Waals surface area (Å²) in [6.07, 6.45) is -5.67. The van der Waals surface area contributed by atoms with E-state index >= 15 is 0 Å². The van der Waals surface area contributed by atoms with Gasteiger partial charge in [0.1, 0.15) is 18.3 Å². The maximum absolute atomic E-state index is 14.1. The molecule has 12 nitrogen and oxygen atoms in total. The number of hydrogen-bond acceptors (Lipinski definition) is 12. The summed E-state index contributed by atoms with van der Waals surface area (Å²) >= 11 is 0. The van der Waals surface area contributed by atoms with Crippen molar-refractivity contribution in [3.63, 3.8) is 0 Å². The maximum Gasteiger partial charge on any atom is 0.311 e. The number of carbonyl (C=O) groups is 1. The van der Waals surface area contributed by atoms with Crippen LogP contribution in [-0.2, 0) is 33.2 Å². The van der Waals surface area contributed by atoms with Crippen LogP contribution >= 0.6 is 0 Å². The fourth-order valence-electron chi connectivity index (χ4n) is 8.87. The SMILES string of the molecule is CC[C@H]1OC(=O)[C@H](C)[C@@H](O[C@H]2C[C@@](C)(OC)[C@@H](O)[C@H](C)O2)[C@H](C)[C@@H](O[C@@H]2O[C@H](C)C[C@H](N(C)C(C)C)[C@H]2O)[C@](C)(O)C[C@@H](C)[C@H](O)[C@H](C)C[C@H]1C. The molecule has 51 heavy (non-hydrogen) atoms. The van der Waals surface area contributed by atoms with E-state index in [-0.39, 0.29) is 54.9 Å². The fraction of sp³-hybridized carbons (Fsp3) is 0.974. The summed E-state index contributed by atoms with van der Waals surface area (Å²) in [5, 5.41) is 46.7. The third kappa shape index (κ3) is 10.4. The molecule has 3 aliphatic heterocycles. The molecule has 3 saturated heterocycles. The first kappa shape index (κ1) is 44.5. The number of hydrogen-bond donors (Lipinski definition) is 4. The Morgan fingerprint density at radius 2 is 1.53 bits per heavy atom. The first-order valence-electron chi connectivity index (χ1n) is 19.4. The second kappa shape index (κ2) is 18.1. The normalized spacial score (nSPS) is 48.4. The van der Waals surface area contributed by atoms with E-state index in [0.717, 1.165) is 0 Å². The number of cyclic esters (lactones) is 1. The minimum atomic E-state index is -1.58. The Morgan fingerprint density at radius 3 is 2.10 bits per heavy atom. The molecule has 0 bridgehead atoms. The van der Waals surface area contributed by atoms with Crippen molar-refractivity contribution < 1.29 is 53.6 Å². The van der Waals surface area contributed by atoms with Gasteiger partial charge in [0.2, 0.25) is 0 Å². The van der Waals surface area contributed by atoms with Gasteiger partial charge in [-0.25, -0.2) is 0 Å². The zero-order valence-corrected chi connectivity index (χ0v) is 33.9. The van der Waals surface area contributed by atoms with Crippen LogP contribution in [0.5, 0.6) is 0 Å². The lowest BCUT2D eigenvalue weighted by Crippen LogP contribution is -2.61. The van der Waals surface area contributed by atoms with E-state index in [4.69, 9.17) is 28.4 Å².